The maximum absolute atomic E-state index is 12.5. The molecule has 152 valence electrons. The third kappa shape index (κ3) is 5.34. The van der Waals surface area contributed by atoms with Crippen LogP contribution in [0.5, 0.6) is 0 Å². The van der Waals surface area contributed by atoms with E-state index in [-0.39, 0.29) is 31.1 Å². The number of benzene rings is 2. The van der Waals surface area contributed by atoms with Crippen molar-refractivity contribution in [1.29, 1.82) is 0 Å². The molecule has 0 radical (unpaired) electrons. The number of esters is 1. The molecule has 5 heteroatoms. The number of hydrogen-bond donors (Lipinski definition) is 0. The van der Waals surface area contributed by atoms with E-state index in [9.17, 15) is 4.79 Å². The van der Waals surface area contributed by atoms with Gasteiger partial charge in [-0.3, -0.25) is 0 Å². The summed E-state index contributed by atoms with van der Waals surface area (Å²) in [5.74, 6) is -0.283. The van der Waals surface area contributed by atoms with Crippen LogP contribution in [0.3, 0.4) is 0 Å². The van der Waals surface area contributed by atoms with Gasteiger partial charge in [0.15, 0.2) is 0 Å². The maximum Gasteiger partial charge on any atom is 0.332 e. The standard InChI is InChI=1S/C23H29NO3.ClH/c1-3-23(19-10-6-4-7-11-19,20-12-8-5-9-13-20)26-18-22(25)27-21-14-16-24(2)17-15-21;/h4-13,21H,3,14-18H2,1-2H3;1H. The average molecular weight is 404 g/mol. The van der Waals surface area contributed by atoms with Gasteiger partial charge < -0.3 is 14.4 Å². The van der Waals surface area contributed by atoms with Crippen molar-refractivity contribution in [2.24, 2.45) is 0 Å². The van der Waals surface area contributed by atoms with Gasteiger partial charge in [-0.05, 0) is 37.4 Å². The van der Waals surface area contributed by atoms with Crippen LogP contribution in [0, 0.1) is 0 Å². The van der Waals surface area contributed by atoms with Gasteiger partial charge in [0.05, 0.1) is 0 Å². The first-order valence-electron chi connectivity index (χ1n) is 9.77. The molecule has 0 atom stereocenters. The number of likely N-dealkylation sites (tertiary alicyclic amines) is 1. The molecule has 1 saturated heterocycles. The molecule has 28 heavy (non-hydrogen) atoms. The number of hydrogen-bond acceptors (Lipinski definition) is 4. The van der Waals surface area contributed by atoms with Crippen molar-refractivity contribution in [2.75, 3.05) is 26.7 Å². The molecule has 0 amide bonds. The Morgan fingerprint density at radius 3 is 1.96 bits per heavy atom. The number of carbonyl (C=O) groups is 1. The molecular weight excluding hydrogens is 374 g/mol. The molecule has 0 spiro atoms. The van der Waals surface area contributed by atoms with Crippen molar-refractivity contribution in [3.05, 3.63) is 71.8 Å². The second-order valence-electron chi connectivity index (χ2n) is 7.19. The molecule has 0 aliphatic carbocycles. The molecule has 0 saturated carbocycles. The summed E-state index contributed by atoms with van der Waals surface area (Å²) >= 11 is 0. The minimum absolute atomic E-state index is 0. The predicted octanol–water partition coefficient (Wildman–Crippen LogP) is 4.42. The van der Waals surface area contributed by atoms with Crippen molar-refractivity contribution < 1.29 is 14.3 Å². The van der Waals surface area contributed by atoms with Gasteiger partial charge in [0.1, 0.15) is 18.3 Å². The van der Waals surface area contributed by atoms with Crippen molar-refractivity contribution >= 4 is 18.4 Å². The van der Waals surface area contributed by atoms with Gasteiger partial charge in [-0.15, -0.1) is 12.4 Å². The minimum atomic E-state index is -0.658. The quantitative estimate of drug-likeness (QED) is 0.641. The molecular formula is C23H30ClNO3. The van der Waals surface area contributed by atoms with Crippen molar-refractivity contribution in [3.63, 3.8) is 0 Å². The van der Waals surface area contributed by atoms with Crippen molar-refractivity contribution in [3.8, 4) is 0 Å². The van der Waals surface area contributed by atoms with Crippen LogP contribution in [-0.4, -0.2) is 43.7 Å². The zero-order valence-electron chi connectivity index (χ0n) is 16.7. The van der Waals surface area contributed by atoms with Crippen LogP contribution in [0.15, 0.2) is 60.7 Å². The molecule has 0 bridgehead atoms. The summed E-state index contributed by atoms with van der Waals surface area (Å²) in [6.45, 7) is 3.96. The number of piperidine rings is 1. The lowest BCUT2D eigenvalue weighted by Gasteiger charge is -2.34. The fourth-order valence-corrected chi connectivity index (χ4v) is 3.76. The monoisotopic (exact) mass is 403 g/mol. The minimum Gasteiger partial charge on any atom is -0.461 e. The summed E-state index contributed by atoms with van der Waals surface area (Å²) in [7, 11) is 2.09. The van der Waals surface area contributed by atoms with Crippen LogP contribution >= 0.6 is 12.4 Å². The second kappa shape index (κ2) is 10.6. The molecule has 2 aromatic carbocycles. The first kappa shape index (κ1) is 22.4. The third-order valence-electron chi connectivity index (χ3n) is 5.38. The number of ether oxygens (including phenoxy) is 2. The number of halogens is 1. The molecule has 0 unspecified atom stereocenters. The Hall–Kier alpha value is -1.88. The van der Waals surface area contributed by atoms with E-state index in [0.29, 0.717) is 0 Å². The maximum atomic E-state index is 12.5. The summed E-state index contributed by atoms with van der Waals surface area (Å²) in [5.41, 5.74) is 1.44. The van der Waals surface area contributed by atoms with E-state index in [4.69, 9.17) is 9.47 Å². The molecule has 1 aliphatic rings. The highest BCUT2D eigenvalue weighted by atomic mass is 35.5. The van der Waals surface area contributed by atoms with Gasteiger partial charge >= 0.3 is 5.97 Å². The van der Waals surface area contributed by atoms with E-state index < -0.39 is 5.60 Å². The summed E-state index contributed by atoms with van der Waals surface area (Å²) in [5, 5.41) is 0. The smallest absolute Gasteiger partial charge is 0.332 e. The topological polar surface area (TPSA) is 38.8 Å². The Kier molecular flexibility index (Phi) is 8.49. The number of nitrogens with zero attached hydrogens (tertiary/aromatic N) is 1. The lowest BCUT2D eigenvalue weighted by atomic mass is 9.84. The SMILES string of the molecule is CCC(OCC(=O)OC1CCN(C)CC1)(c1ccccc1)c1ccccc1.Cl. The molecule has 1 fully saturated rings. The Morgan fingerprint density at radius 1 is 1.00 bits per heavy atom. The van der Waals surface area contributed by atoms with Gasteiger partial charge in [-0.2, -0.15) is 0 Å². The normalized spacial score (nSPS) is 15.6. The first-order valence-corrected chi connectivity index (χ1v) is 9.77. The molecule has 4 nitrogen and oxygen atoms in total. The van der Waals surface area contributed by atoms with E-state index in [0.717, 1.165) is 43.5 Å². The number of rotatable bonds is 7. The van der Waals surface area contributed by atoms with Crippen LogP contribution < -0.4 is 0 Å². The van der Waals surface area contributed by atoms with Crippen LogP contribution in [0.4, 0.5) is 0 Å². The predicted molar refractivity (Wildman–Crippen MR) is 114 cm³/mol. The highest BCUT2D eigenvalue weighted by molar-refractivity contribution is 5.85. The average Bonchev–Trinajstić information content (AvgIpc) is 2.72. The molecule has 3 rings (SSSR count). The van der Waals surface area contributed by atoms with Gasteiger partial charge in [-0.1, -0.05) is 67.6 Å². The highest BCUT2D eigenvalue weighted by Gasteiger charge is 2.34. The Bertz CT molecular complexity index is 676. The van der Waals surface area contributed by atoms with E-state index in [1.807, 2.05) is 36.4 Å². The van der Waals surface area contributed by atoms with E-state index in [1.54, 1.807) is 0 Å². The zero-order chi connectivity index (χ0) is 19.1. The van der Waals surface area contributed by atoms with Gasteiger partial charge in [-0.25, -0.2) is 4.79 Å². The molecule has 1 heterocycles. The van der Waals surface area contributed by atoms with E-state index in [2.05, 4.69) is 43.1 Å². The van der Waals surface area contributed by atoms with Crippen molar-refractivity contribution in [1.82, 2.24) is 4.90 Å². The third-order valence-corrected chi connectivity index (χ3v) is 5.38. The molecule has 2 aromatic rings. The van der Waals surface area contributed by atoms with Crippen LogP contribution in [0.25, 0.3) is 0 Å². The van der Waals surface area contributed by atoms with Crippen LogP contribution in [0.2, 0.25) is 0 Å². The van der Waals surface area contributed by atoms with E-state index in [1.165, 1.54) is 0 Å². The highest BCUT2D eigenvalue weighted by Crippen LogP contribution is 2.36. The zero-order valence-corrected chi connectivity index (χ0v) is 17.5. The summed E-state index contributed by atoms with van der Waals surface area (Å²) in [6, 6.07) is 20.2. The largest absolute Gasteiger partial charge is 0.461 e. The first-order chi connectivity index (χ1) is 13.1. The van der Waals surface area contributed by atoms with E-state index >= 15 is 0 Å². The van der Waals surface area contributed by atoms with Gasteiger partial charge in [0.25, 0.3) is 0 Å². The van der Waals surface area contributed by atoms with Crippen molar-refractivity contribution in [2.45, 2.75) is 37.9 Å². The van der Waals surface area contributed by atoms with Gasteiger partial charge in [0, 0.05) is 13.1 Å². The summed E-state index contributed by atoms with van der Waals surface area (Å²) in [4.78, 5) is 14.7. The Labute approximate surface area is 174 Å². The second-order valence-corrected chi connectivity index (χ2v) is 7.19. The van der Waals surface area contributed by atoms with Gasteiger partial charge in [0.2, 0.25) is 0 Å². The number of carbonyl (C=O) groups excluding carboxylic acids is 1. The Morgan fingerprint density at radius 2 is 1.50 bits per heavy atom. The van der Waals surface area contributed by atoms with Crippen LogP contribution in [0.1, 0.15) is 37.3 Å². The fourth-order valence-electron chi connectivity index (χ4n) is 3.76. The lowest BCUT2D eigenvalue weighted by Crippen LogP contribution is -2.37. The summed E-state index contributed by atoms with van der Waals surface area (Å²) < 4.78 is 12.0. The lowest BCUT2D eigenvalue weighted by molar-refractivity contribution is -0.162. The molecule has 0 aromatic heterocycles. The molecule has 1 aliphatic heterocycles. The fraction of sp³-hybridized carbons (Fsp3) is 0.435. The summed E-state index contributed by atoms with van der Waals surface area (Å²) in [6.07, 6.45) is 2.50. The molecule has 0 N–H and O–H groups in total. The van der Waals surface area contributed by atoms with Crippen LogP contribution in [-0.2, 0) is 19.9 Å². The Balaban J connectivity index is 0.00000280.